The van der Waals surface area contributed by atoms with Crippen LogP contribution in [0.5, 0.6) is 0 Å². The Morgan fingerprint density at radius 3 is 2.37 bits per heavy atom. The Bertz CT molecular complexity index is 940. The Balaban J connectivity index is 1.75. The van der Waals surface area contributed by atoms with Gasteiger partial charge in [-0.2, -0.15) is 0 Å². The summed E-state index contributed by atoms with van der Waals surface area (Å²) in [6, 6.07) is 21.9. The molecule has 0 saturated heterocycles. The van der Waals surface area contributed by atoms with Crippen molar-refractivity contribution >= 4 is 12.0 Å². The van der Waals surface area contributed by atoms with Crippen LogP contribution in [0.1, 0.15) is 17.2 Å². The maximum absolute atomic E-state index is 13.3. The van der Waals surface area contributed by atoms with E-state index >= 15 is 0 Å². The molecule has 0 fully saturated rings. The largest absolute Gasteiger partial charge is 0.362 e. The summed E-state index contributed by atoms with van der Waals surface area (Å²) < 4.78 is 13.3. The van der Waals surface area contributed by atoms with Crippen LogP contribution in [0.4, 0.5) is 10.1 Å². The first-order chi connectivity index (χ1) is 13.2. The molecule has 4 heteroatoms. The zero-order valence-corrected chi connectivity index (χ0v) is 14.9. The van der Waals surface area contributed by atoms with Gasteiger partial charge in [0.05, 0.1) is 12.1 Å². The van der Waals surface area contributed by atoms with Crippen LogP contribution in [0.25, 0.3) is 11.1 Å². The van der Waals surface area contributed by atoms with Gasteiger partial charge in [0.1, 0.15) is 12.1 Å². The van der Waals surface area contributed by atoms with Gasteiger partial charge in [0.2, 0.25) is 0 Å². The number of carbonyl (C=O) groups excluding carboxylic acids is 1. The Labute approximate surface area is 158 Å². The van der Waals surface area contributed by atoms with Crippen molar-refractivity contribution in [3.8, 4) is 11.1 Å². The Hall–Kier alpha value is -2.98. The summed E-state index contributed by atoms with van der Waals surface area (Å²) >= 11 is 0. The van der Waals surface area contributed by atoms with E-state index in [0.717, 1.165) is 41.6 Å². The lowest BCUT2D eigenvalue weighted by molar-refractivity contribution is -0.109. The molecule has 3 aromatic carbocycles. The van der Waals surface area contributed by atoms with E-state index in [-0.39, 0.29) is 11.9 Å². The van der Waals surface area contributed by atoms with E-state index in [1.807, 2.05) is 30.3 Å². The third kappa shape index (κ3) is 3.36. The molecule has 0 aromatic heterocycles. The van der Waals surface area contributed by atoms with Gasteiger partial charge < -0.3 is 15.4 Å². The highest BCUT2D eigenvalue weighted by Gasteiger charge is 2.31. The van der Waals surface area contributed by atoms with Gasteiger partial charge in [-0.15, -0.1) is 0 Å². The average Bonchev–Trinajstić information content (AvgIpc) is 3.12. The fourth-order valence-corrected chi connectivity index (χ4v) is 3.85. The number of nitrogens with two attached hydrogens (primary N) is 1. The molecule has 2 atom stereocenters. The van der Waals surface area contributed by atoms with Crippen molar-refractivity contribution in [2.75, 3.05) is 11.4 Å². The minimum absolute atomic E-state index is 0.214. The minimum Gasteiger partial charge on any atom is -0.362 e. The van der Waals surface area contributed by atoms with Crippen LogP contribution in [-0.4, -0.2) is 18.9 Å². The van der Waals surface area contributed by atoms with E-state index in [0.29, 0.717) is 0 Å². The van der Waals surface area contributed by atoms with Crippen LogP contribution >= 0.6 is 0 Å². The van der Waals surface area contributed by atoms with Crippen molar-refractivity contribution in [2.45, 2.75) is 18.5 Å². The highest BCUT2D eigenvalue weighted by atomic mass is 19.1. The van der Waals surface area contributed by atoms with Crippen LogP contribution in [0.15, 0.2) is 72.8 Å². The summed E-state index contributed by atoms with van der Waals surface area (Å²) in [7, 11) is 0. The molecule has 1 aliphatic rings. The Morgan fingerprint density at radius 1 is 0.963 bits per heavy atom. The number of hydrogen-bond donors (Lipinski definition) is 1. The number of halogens is 1. The molecule has 1 unspecified atom stereocenters. The standard InChI is InChI=1S/C23H21FN2O/c24-20-10-8-16(9-11-20)19-7-6-17-12-13-26(22(17)14-19)23(21(25)15-27)18-4-2-1-3-5-18/h1-11,14-15,21,23H,12-13,25H2/t21-,23?/m1/s1. The van der Waals surface area contributed by atoms with Crippen molar-refractivity contribution in [1.29, 1.82) is 0 Å². The summed E-state index contributed by atoms with van der Waals surface area (Å²) in [5.74, 6) is -0.248. The predicted molar refractivity (Wildman–Crippen MR) is 106 cm³/mol. The van der Waals surface area contributed by atoms with E-state index < -0.39 is 6.04 Å². The lowest BCUT2D eigenvalue weighted by atomic mass is 9.98. The number of aldehydes is 1. The molecule has 0 saturated carbocycles. The lowest BCUT2D eigenvalue weighted by Gasteiger charge is -2.33. The van der Waals surface area contributed by atoms with E-state index in [2.05, 4.69) is 23.1 Å². The first-order valence-electron chi connectivity index (χ1n) is 9.09. The summed E-state index contributed by atoms with van der Waals surface area (Å²) in [5, 5.41) is 0. The molecule has 0 amide bonds. The van der Waals surface area contributed by atoms with Crippen molar-refractivity contribution in [2.24, 2.45) is 5.73 Å². The lowest BCUT2D eigenvalue weighted by Crippen LogP contribution is -2.41. The monoisotopic (exact) mass is 360 g/mol. The molecule has 4 rings (SSSR count). The fraction of sp³-hybridized carbons (Fsp3) is 0.174. The molecule has 0 radical (unpaired) electrons. The van der Waals surface area contributed by atoms with E-state index in [1.165, 1.54) is 17.7 Å². The molecule has 0 bridgehead atoms. The zero-order chi connectivity index (χ0) is 18.8. The summed E-state index contributed by atoms with van der Waals surface area (Å²) in [6.45, 7) is 0.809. The second-order valence-electron chi connectivity index (χ2n) is 6.86. The number of hydrogen-bond acceptors (Lipinski definition) is 3. The molecule has 3 nitrogen and oxygen atoms in total. The quantitative estimate of drug-likeness (QED) is 0.696. The molecule has 3 aromatic rings. The molecule has 136 valence electrons. The van der Waals surface area contributed by atoms with Crippen LogP contribution in [0.2, 0.25) is 0 Å². The van der Waals surface area contributed by atoms with E-state index in [4.69, 9.17) is 5.73 Å². The van der Waals surface area contributed by atoms with Gasteiger partial charge in [0.15, 0.2) is 0 Å². The normalized spacial score (nSPS) is 15.3. The van der Waals surface area contributed by atoms with Crippen molar-refractivity contribution in [3.05, 3.63) is 89.7 Å². The SMILES string of the molecule is N[C@H](C=O)C(c1ccccc1)N1CCc2ccc(-c3ccc(F)cc3)cc21. The summed E-state index contributed by atoms with van der Waals surface area (Å²) in [5.41, 5.74) is 11.5. The smallest absolute Gasteiger partial charge is 0.139 e. The topological polar surface area (TPSA) is 46.3 Å². The van der Waals surface area contributed by atoms with Gasteiger partial charge in [-0.1, -0.05) is 54.6 Å². The van der Waals surface area contributed by atoms with E-state index in [9.17, 15) is 9.18 Å². The molecule has 1 heterocycles. The first kappa shape index (κ1) is 17.4. The van der Waals surface area contributed by atoms with Gasteiger partial charge in [-0.25, -0.2) is 4.39 Å². The molecule has 0 aliphatic carbocycles. The van der Waals surface area contributed by atoms with Gasteiger partial charge in [-0.05, 0) is 46.9 Å². The number of fused-ring (bicyclic) bond motifs is 1. The molecular weight excluding hydrogens is 339 g/mol. The Kier molecular flexibility index (Phi) is 4.73. The molecule has 1 aliphatic heterocycles. The zero-order valence-electron chi connectivity index (χ0n) is 14.9. The number of nitrogens with zero attached hydrogens (tertiary/aromatic N) is 1. The molecule has 0 spiro atoms. The maximum atomic E-state index is 13.3. The number of rotatable bonds is 5. The third-order valence-electron chi connectivity index (χ3n) is 5.19. The maximum Gasteiger partial charge on any atom is 0.139 e. The van der Waals surface area contributed by atoms with E-state index in [1.54, 1.807) is 12.1 Å². The second-order valence-corrected chi connectivity index (χ2v) is 6.86. The fourth-order valence-electron chi connectivity index (χ4n) is 3.85. The van der Waals surface area contributed by atoms with Crippen LogP contribution in [0.3, 0.4) is 0 Å². The first-order valence-corrected chi connectivity index (χ1v) is 9.09. The van der Waals surface area contributed by atoms with Gasteiger partial charge >= 0.3 is 0 Å². The molecule has 2 N–H and O–H groups in total. The predicted octanol–water partition coefficient (Wildman–Crippen LogP) is 4.12. The highest BCUT2D eigenvalue weighted by Crippen LogP contribution is 2.38. The van der Waals surface area contributed by atoms with Gasteiger partial charge in [0, 0.05) is 12.2 Å². The van der Waals surface area contributed by atoms with Crippen molar-refractivity contribution in [1.82, 2.24) is 0 Å². The van der Waals surface area contributed by atoms with Crippen molar-refractivity contribution in [3.63, 3.8) is 0 Å². The second kappa shape index (κ2) is 7.33. The summed E-state index contributed by atoms with van der Waals surface area (Å²) in [4.78, 5) is 13.7. The average molecular weight is 360 g/mol. The number of carbonyl (C=O) groups is 1. The van der Waals surface area contributed by atoms with Crippen LogP contribution in [0, 0.1) is 5.82 Å². The van der Waals surface area contributed by atoms with Gasteiger partial charge in [0.25, 0.3) is 0 Å². The third-order valence-corrected chi connectivity index (χ3v) is 5.19. The molecule has 27 heavy (non-hydrogen) atoms. The van der Waals surface area contributed by atoms with Crippen LogP contribution in [-0.2, 0) is 11.2 Å². The van der Waals surface area contributed by atoms with Crippen molar-refractivity contribution < 1.29 is 9.18 Å². The number of benzene rings is 3. The summed E-state index contributed by atoms with van der Waals surface area (Å²) in [6.07, 6.45) is 1.73. The number of anilines is 1. The minimum atomic E-state index is -0.618. The highest BCUT2D eigenvalue weighted by molar-refractivity contribution is 5.73. The molecular formula is C23H21FN2O. The Morgan fingerprint density at radius 2 is 1.67 bits per heavy atom. The van der Waals surface area contributed by atoms with Gasteiger partial charge in [-0.3, -0.25) is 0 Å². The van der Waals surface area contributed by atoms with Crippen LogP contribution < -0.4 is 10.6 Å².